The lowest BCUT2D eigenvalue weighted by Gasteiger charge is -2.08. The maximum Gasteiger partial charge on any atom is 0.337 e. The van der Waals surface area contributed by atoms with Gasteiger partial charge in [0.2, 0.25) is 0 Å². The maximum atomic E-state index is 12.1. The van der Waals surface area contributed by atoms with Crippen LogP contribution in [-0.4, -0.2) is 22.6 Å². The van der Waals surface area contributed by atoms with Crippen molar-refractivity contribution < 1.29 is 14.5 Å². The fraction of sp³-hybridized carbons (Fsp3) is 0.200. The van der Waals surface area contributed by atoms with Crippen molar-refractivity contribution in [3.8, 4) is 0 Å². The average Bonchev–Trinajstić information content (AvgIpc) is 2.50. The monoisotopic (exact) mass is 302 g/mol. The van der Waals surface area contributed by atoms with Crippen LogP contribution in [-0.2, 0) is 11.3 Å². The van der Waals surface area contributed by atoms with Crippen LogP contribution in [0.2, 0.25) is 0 Å². The third-order valence-electron chi connectivity index (χ3n) is 3.16. The van der Waals surface area contributed by atoms with Crippen LogP contribution in [0.4, 0.5) is 5.69 Å². The normalized spacial score (nSPS) is 10.3. The van der Waals surface area contributed by atoms with E-state index in [9.17, 15) is 19.7 Å². The average molecular weight is 302 g/mol. The van der Waals surface area contributed by atoms with Crippen LogP contribution in [0.15, 0.2) is 41.3 Å². The summed E-state index contributed by atoms with van der Waals surface area (Å²) in [6.45, 7) is 1.66. The van der Waals surface area contributed by atoms with E-state index < -0.39 is 10.9 Å². The molecule has 0 aliphatic carbocycles. The Labute approximate surface area is 125 Å². The number of pyridine rings is 1. The van der Waals surface area contributed by atoms with Gasteiger partial charge in [-0.25, -0.2) is 4.79 Å². The lowest BCUT2D eigenvalue weighted by molar-refractivity contribution is -0.385. The first-order chi connectivity index (χ1) is 10.4. The highest BCUT2D eigenvalue weighted by molar-refractivity contribution is 5.89. The topological polar surface area (TPSA) is 91.4 Å². The molecule has 7 nitrogen and oxygen atoms in total. The molecule has 0 saturated carbocycles. The van der Waals surface area contributed by atoms with E-state index in [1.165, 1.54) is 30.9 Å². The first kappa shape index (κ1) is 15.4. The molecule has 0 atom stereocenters. The third kappa shape index (κ3) is 3.20. The Morgan fingerprint density at radius 1 is 1.36 bits per heavy atom. The van der Waals surface area contributed by atoms with Gasteiger partial charge in [-0.3, -0.25) is 14.9 Å². The summed E-state index contributed by atoms with van der Waals surface area (Å²) in [6, 6.07) is 7.82. The summed E-state index contributed by atoms with van der Waals surface area (Å²) in [7, 11) is 1.28. The maximum absolute atomic E-state index is 12.1. The number of ether oxygens (including phenoxy) is 1. The molecule has 0 unspecified atom stereocenters. The van der Waals surface area contributed by atoms with Gasteiger partial charge in [0.05, 0.1) is 30.3 Å². The quantitative estimate of drug-likeness (QED) is 0.488. The van der Waals surface area contributed by atoms with E-state index in [4.69, 9.17) is 0 Å². The van der Waals surface area contributed by atoms with Gasteiger partial charge in [0.1, 0.15) is 0 Å². The molecule has 1 heterocycles. The van der Waals surface area contributed by atoms with Gasteiger partial charge >= 0.3 is 5.97 Å². The molecule has 2 rings (SSSR count). The van der Waals surface area contributed by atoms with Crippen LogP contribution in [0, 0.1) is 17.0 Å². The first-order valence-corrected chi connectivity index (χ1v) is 6.45. The number of carbonyl (C=O) groups is 1. The summed E-state index contributed by atoms with van der Waals surface area (Å²) < 4.78 is 5.89. The number of methoxy groups -OCH3 is 1. The van der Waals surface area contributed by atoms with Crippen LogP contribution in [0.1, 0.15) is 21.5 Å². The zero-order chi connectivity index (χ0) is 16.3. The van der Waals surface area contributed by atoms with Crippen LogP contribution in [0.3, 0.4) is 0 Å². The minimum Gasteiger partial charge on any atom is -0.465 e. The Morgan fingerprint density at radius 2 is 2.09 bits per heavy atom. The number of aryl methyl sites for hydroxylation is 1. The smallest absolute Gasteiger partial charge is 0.337 e. The molecular formula is C15H14N2O5. The van der Waals surface area contributed by atoms with Crippen molar-refractivity contribution in [2.24, 2.45) is 0 Å². The van der Waals surface area contributed by atoms with Crippen molar-refractivity contribution in [2.45, 2.75) is 13.5 Å². The molecule has 0 bridgehead atoms. The second-order valence-corrected chi connectivity index (χ2v) is 4.76. The molecule has 0 amide bonds. The number of carbonyl (C=O) groups excluding carboxylic acids is 1. The minimum absolute atomic E-state index is 0.131. The van der Waals surface area contributed by atoms with Crippen LogP contribution >= 0.6 is 0 Å². The summed E-state index contributed by atoms with van der Waals surface area (Å²) in [5, 5.41) is 10.9. The van der Waals surface area contributed by atoms with Gasteiger partial charge in [-0.15, -0.1) is 0 Å². The predicted molar refractivity (Wildman–Crippen MR) is 79.0 cm³/mol. The van der Waals surface area contributed by atoms with E-state index in [0.29, 0.717) is 16.7 Å². The summed E-state index contributed by atoms with van der Waals surface area (Å²) in [5.74, 6) is -0.482. The molecule has 7 heteroatoms. The standard InChI is InChI=1S/C15H14N2O5/c1-10-6-13(17(20)21)9-16(14(10)18)8-11-4-3-5-12(7-11)15(19)22-2/h3-7,9H,8H2,1-2H3. The van der Waals surface area contributed by atoms with Gasteiger partial charge in [0.15, 0.2) is 0 Å². The third-order valence-corrected chi connectivity index (χ3v) is 3.16. The van der Waals surface area contributed by atoms with E-state index in [0.717, 1.165) is 0 Å². The second kappa shape index (κ2) is 6.21. The largest absolute Gasteiger partial charge is 0.465 e. The van der Waals surface area contributed by atoms with Crippen molar-refractivity contribution in [3.63, 3.8) is 0 Å². The van der Waals surface area contributed by atoms with Crippen molar-refractivity contribution in [2.75, 3.05) is 7.11 Å². The summed E-state index contributed by atoms with van der Waals surface area (Å²) >= 11 is 0. The van der Waals surface area contributed by atoms with E-state index in [-0.39, 0.29) is 17.8 Å². The molecule has 1 aromatic heterocycles. The number of nitro groups is 1. The van der Waals surface area contributed by atoms with Crippen LogP contribution < -0.4 is 5.56 Å². The van der Waals surface area contributed by atoms with E-state index in [1.54, 1.807) is 24.3 Å². The number of aromatic nitrogens is 1. The Kier molecular flexibility index (Phi) is 4.36. The number of esters is 1. The van der Waals surface area contributed by atoms with E-state index in [1.807, 2.05) is 0 Å². The molecule has 2 aromatic rings. The van der Waals surface area contributed by atoms with Crippen molar-refractivity contribution in [1.29, 1.82) is 0 Å². The predicted octanol–water partition coefficient (Wildman–Crippen LogP) is 1.90. The molecule has 0 aliphatic rings. The summed E-state index contributed by atoms with van der Waals surface area (Å²) in [4.78, 5) is 33.9. The van der Waals surface area contributed by atoms with Gasteiger partial charge in [0, 0.05) is 11.6 Å². The number of benzene rings is 1. The highest BCUT2D eigenvalue weighted by Crippen LogP contribution is 2.12. The highest BCUT2D eigenvalue weighted by Gasteiger charge is 2.12. The molecule has 1 aromatic carbocycles. The molecule has 0 spiro atoms. The molecule has 114 valence electrons. The Bertz CT molecular complexity index is 795. The number of rotatable bonds is 4. The molecule has 0 N–H and O–H groups in total. The lowest BCUT2D eigenvalue weighted by Crippen LogP contribution is -2.22. The number of hydrogen-bond acceptors (Lipinski definition) is 5. The lowest BCUT2D eigenvalue weighted by atomic mass is 10.1. The fourth-order valence-electron chi connectivity index (χ4n) is 2.09. The van der Waals surface area contributed by atoms with Crippen LogP contribution in [0.5, 0.6) is 0 Å². The number of nitrogens with zero attached hydrogens (tertiary/aromatic N) is 2. The zero-order valence-corrected chi connectivity index (χ0v) is 12.1. The Hall–Kier alpha value is -2.96. The van der Waals surface area contributed by atoms with Gasteiger partial charge in [-0.05, 0) is 24.6 Å². The van der Waals surface area contributed by atoms with Gasteiger partial charge < -0.3 is 9.30 Å². The SMILES string of the molecule is COC(=O)c1cccc(Cn2cc([N+](=O)[O-])cc(C)c2=O)c1. The molecular weight excluding hydrogens is 288 g/mol. The highest BCUT2D eigenvalue weighted by atomic mass is 16.6. The Balaban J connectivity index is 2.41. The van der Waals surface area contributed by atoms with Gasteiger partial charge in [-0.2, -0.15) is 0 Å². The minimum atomic E-state index is -0.548. The van der Waals surface area contributed by atoms with Crippen LogP contribution in [0.25, 0.3) is 0 Å². The van der Waals surface area contributed by atoms with E-state index in [2.05, 4.69) is 4.74 Å². The molecule has 0 radical (unpaired) electrons. The number of hydrogen-bond donors (Lipinski definition) is 0. The Morgan fingerprint density at radius 3 is 2.73 bits per heavy atom. The zero-order valence-electron chi connectivity index (χ0n) is 12.1. The van der Waals surface area contributed by atoms with Crippen molar-refractivity contribution in [3.05, 3.63) is 73.7 Å². The first-order valence-electron chi connectivity index (χ1n) is 6.45. The van der Waals surface area contributed by atoms with Gasteiger partial charge in [-0.1, -0.05) is 12.1 Å². The summed E-state index contributed by atoms with van der Waals surface area (Å²) in [6.07, 6.45) is 1.19. The molecule has 0 fully saturated rings. The second-order valence-electron chi connectivity index (χ2n) is 4.76. The van der Waals surface area contributed by atoms with E-state index >= 15 is 0 Å². The molecule has 22 heavy (non-hydrogen) atoms. The van der Waals surface area contributed by atoms with Gasteiger partial charge in [0.25, 0.3) is 11.2 Å². The van der Waals surface area contributed by atoms with Crippen molar-refractivity contribution >= 4 is 11.7 Å². The molecule has 0 aliphatic heterocycles. The van der Waals surface area contributed by atoms with Crippen molar-refractivity contribution in [1.82, 2.24) is 4.57 Å². The summed E-state index contributed by atoms with van der Waals surface area (Å²) in [5.41, 5.74) is 0.855. The molecule has 0 saturated heterocycles. The fourth-order valence-corrected chi connectivity index (χ4v) is 2.09.